The van der Waals surface area contributed by atoms with Crippen molar-refractivity contribution in [3.63, 3.8) is 0 Å². The van der Waals surface area contributed by atoms with Crippen molar-refractivity contribution in [1.82, 2.24) is 24.0 Å². The smallest absolute Gasteiger partial charge is 0.258 e. The van der Waals surface area contributed by atoms with Gasteiger partial charge in [0.15, 0.2) is 0 Å². The Morgan fingerprint density at radius 3 is 2.36 bits per heavy atom. The van der Waals surface area contributed by atoms with Gasteiger partial charge in [-0.25, -0.2) is 8.42 Å². The molecule has 2 atom stereocenters. The van der Waals surface area contributed by atoms with Gasteiger partial charge >= 0.3 is 0 Å². The molecule has 0 bridgehead atoms. The number of rotatable bonds is 9. The standard InChI is InChI=1S/C44H55N5O6S/c1-26(2)56(52,53)46-39(50)20-30-15-17-37-38(19-30)48-25-33(21-32-22-35(54-6)16-18-36(32)43(48)41(37)31-11-8-7-9-12-31)42-40(29(5)45-49(42)34-13-10-14-34)44(51)47-23-27(3)55-28(4)24-47/h15-19,21-22,26-28,31,34H,7-14,20,23-25H2,1-6H3,(H,46,50)/t27-,28+. The summed E-state index contributed by atoms with van der Waals surface area (Å²) in [6.07, 6.45) is 10.9. The summed E-state index contributed by atoms with van der Waals surface area (Å²) in [4.78, 5) is 29.9. The molecule has 2 aliphatic heterocycles. The molecule has 2 amide bonds. The number of benzene rings is 2. The fourth-order valence-electron chi connectivity index (χ4n) is 9.35. The quantitative estimate of drug-likeness (QED) is 0.184. The first kappa shape index (κ1) is 38.5. The number of hydrogen-bond donors (Lipinski definition) is 1. The Morgan fingerprint density at radius 2 is 1.70 bits per heavy atom. The predicted molar refractivity (Wildman–Crippen MR) is 219 cm³/mol. The van der Waals surface area contributed by atoms with E-state index >= 15 is 0 Å². The molecule has 11 nitrogen and oxygen atoms in total. The molecule has 2 saturated carbocycles. The highest BCUT2D eigenvalue weighted by Gasteiger charge is 2.37. The van der Waals surface area contributed by atoms with Crippen LogP contribution in [-0.2, 0) is 32.5 Å². The minimum absolute atomic E-state index is 0.0220. The average molecular weight is 782 g/mol. The molecule has 2 aromatic carbocycles. The van der Waals surface area contributed by atoms with Crippen LogP contribution in [0.15, 0.2) is 36.4 Å². The number of sulfonamides is 1. The van der Waals surface area contributed by atoms with Gasteiger partial charge in [0.05, 0.1) is 66.2 Å². The van der Waals surface area contributed by atoms with Crippen molar-refractivity contribution >= 4 is 44.4 Å². The van der Waals surface area contributed by atoms with Crippen LogP contribution in [0.4, 0.5) is 0 Å². The van der Waals surface area contributed by atoms with Crippen molar-refractivity contribution in [3.05, 3.63) is 70.0 Å². The molecule has 0 spiro atoms. The molecule has 4 aliphatic rings. The maximum atomic E-state index is 14.8. The van der Waals surface area contributed by atoms with Gasteiger partial charge in [-0.2, -0.15) is 5.10 Å². The van der Waals surface area contributed by atoms with Gasteiger partial charge in [-0.05, 0) is 125 Å². The lowest BCUT2D eigenvalue weighted by atomic mass is 9.81. The summed E-state index contributed by atoms with van der Waals surface area (Å²) in [5, 5.41) is 5.56. The van der Waals surface area contributed by atoms with Crippen LogP contribution in [0.5, 0.6) is 5.75 Å². The molecular formula is C44H55N5O6S. The second kappa shape index (κ2) is 15.2. The first-order valence-corrected chi connectivity index (χ1v) is 22.0. The number of hydrogen-bond acceptors (Lipinski definition) is 7. The summed E-state index contributed by atoms with van der Waals surface area (Å²) in [5.41, 5.74) is 9.51. The molecule has 298 valence electrons. The Morgan fingerprint density at radius 1 is 0.964 bits per heavy atom. The first-order chi connectivity index (χ1) is 26.8. The van der Waals surface area contributed by atoms with E-state index in [0.717, 1.165) is 88.1 Å². The van der Waals surface area contributed by atoms with Crippen molar-refractivity contribution in [1.29, 1.82) is 0 Å². The van der Waals surface area contributed by atoms with Crippen LogP contribution in [-0.4, -0.2) is 77.1 Å². The first-order valence-electron chi connectivity index (χ1n) is 20.5. The number of fused-ring (bicyclic) bond motifs is 5. The third kappa shape index (κ3) is 7.08. The van der Waals surface area contributed by atoms with Crippen LogP contribution < -0.4 is 9.46 Å². The number of carbonyl (C=O) groups is 2. The molecule has 56 heavy (non-hydrogen) atoms. The maximum absolute atomic E-state index is 14.8. The Hall–Kier alpha value is -4.42. The fraction of sp³-hybridized carbons (Fsp3) is 0.523. The lowest BCUT2D eigenvalue weighted by molar-refractivity contribution is -0.118. The molecule has 8 rings (SSSR count). The van der Waals surface area contributed by atoms with Crippen molar-refractivity contribution in [2.75, 3.05) is 20.2 Å². The Labute approximate surface area is 330 Å². The summed E-state index contributed by atoms with van der Waals surface area (Å²) < 4.78 is 43.8. The molecule has 4 heterocycles. The van der Waals surface area contributed by atoms with E-state index in [2.05, 4.69) is 44.3 Å². The summed E-state index contributed by atoms with van der Waals surface area (Å²) in [6.45, 7) is 10.6. The predicted octanol–water partition coefficient (Wildman–Crippen LogP) is 7.80. The number of ether oxygens (including phenoxy) is 2. The number of carbonyl (C=O) groups excluding carboxylic acids is 2. The number of amides is 2. The van der Waals surface area contributed by atoms with Crippen molar-refractivity contribution in [3.8, 4) is 17.0 Å². The number of nitrogens with zero attached hydrogens (tertiary/aromatic N) is 4. The second-order valence-electron chi connectivity index (χ2n) is 16.8. The molecule has 2 aliphatic carbocycles. The molecule has 1 N–H and O–H groups in total. The summed E-state index contributed by atoms with van der Waals surface area (Å²) in [5.74, 6) is 0.533. The van der Waals surface area contributed by atoms with E-state index in [1.165, 1.54) is 24.8 Å². The van der Waals surface area contributed by atoms with Crippen LogP contribution in [0.1, 0.15) is 129 Å². The van der Waals surface area contributed by atoms with Crippen LogP contribution in [0.2, 0.25) is 0 Å². The van der Waals surface area contributed by atoms with Gasteiger partial charge < -0.3 is 18.9 Å². The normalized spacial score (nSPS) is 20.6. The molecule has 2 aromatic heterocycles. The van der Waals surface area contributed by atoms with Gasteiger partial charge in [0.1, 0.15) is 5.75 Å². The molecular weight excluding hydrogens is 727 g/mol. The fourth-order valence-corrected chi connectivity index (χ4v) is 9.97. The van der Waals surface area contributed by atoms with Crippen LogP contribution >= 0.6 is 0 Å². The van der Waals surface area contributed by atoms with E-state index in [1.54, 1.807) is 21.0 Å². The average Bonchev–Trinajstić information content (AvgIpc) is 3.57. The molecule has 1 saturated heterocycles. The van der Waals surface area contributed by atoms with Crippen molar-refractivity contribution in [2.45, 2.75) is 128 Å². The van der Waals surface area contributed by atoms with Crippen molar-refractivity contribution < 1.29 is 27.5 Å². The Balaban J connectivity index is 1.33. The molecule has 0 radical (unpaired) electrons. The molecule has 0 unspecified atom stereocenters. The maximum Gasteiger partial charge on any atom is 0.258 e. The van der Waals surface area contributed by atoms with Gasteiger partial charge in [0.25, 0.3) is 5.91 Å². The number of aromatic nitrogens is 3. The van der Waals surface area contributed by atoms with Crippen LogP contribution in [0.3, 0.4) is 0 Å². The van der Waals surface area contributed by atoms with E-state index in [4.69, 9.17) is 14.6 Å². The molecule has 12 heteroatoms. The third-order valence-corrected chi connectivity index (χ3v) is 14.1. The van der Waals surface area contributed by atoms with Gasteiger partial charge in [0, 0.05) is 29.6 Å². The monoisotopic (exact) mass is 781 g/mol. The minimum Gasteiger partial charge on any atom is -0.497 e. The zero-order valence-electron chi connectivity index (χ0n) is 33.6. The SMILES string of the molecule is COc1ccc2c(c1)C=C(c1c(C(=O)N3C[C@@H](C)O[C@@H](C)C3)c(C)nn1C1CCC1)Cn1c-2c(C2CCCCC2)c2ccc(CC(=O)NS(=O)(=O)C(C)C)cc21. The van der Waals surface area contributed by atoms with Gasteiger partial charge in [-0.3, -0.25) is 19.0 Å². The van der Waals surface area contributed by atoms with Gasteiger partial charge in [-0.1, -0.05) is 31.4 Å². The molecule has 4 aromatic rings. The van der Waals surface area contributed by atoms with E-state index in [9.17, 15) is 18.0 Å². The lowest BCUT2D eigenvalue weighted by Gasteiger charge is -2.35. The largest absolute Gasteiger partial charge is 0.497 e. The third-order valence-electron chi connectivity index (χ3n) is 12.3. The number of nitrogens with one attached hydrogen (secondary N) is 1. The van der Waals surface area contributed by atoms with E-state index in [0.29, 0.717) is 31.1 Å². The second-order valence-corrected chi connectivity index (χ2v) is 19.0. The Kier molecular flexibility index (Phi) is 10.4. The lowest BCUT2D eigenvalue weighted by Crippen LogP contribution is -2.48. The number of methoxy groups -OCH3 is 1. The van der Waals surface area contributed by atoms with Gasteiger partial charge in [-0.15, -0.1) is 0 Å². The summed E-state index contributed by atoms with van der Waals surface area (Å²) in [6, 6.07) is 12.6. The highest BCUT2D eigenvalue weighted by molar-refractivity contribution is 7.90. The Bertz CT molecular complexity index is 2320. The highest BCUT2D eigenvalue weighted by Crippen LogP contribution is 2.48. The van der Waals surface area contributed by atoms with Crippen LogP contribution in [0.25, 0.3) is 33.8 Å². The van der Waals surface area contributed by atoms with Crippen molar-refractivity contribution in [2.24, 2.45) is 0 Å². The van der Waals surface area contributed by atoms with Gasteiger partial charge in [0.2, 0.25) is 15.9 Å². The van der Waals surface area contributed by atoms with Crippen LogP contribution in [0, 0.1) is 6.92 Å². The van der Waals surface area contributed by atoms with E-state index < -0.39 is 21.2 Å². The van der Waals surface area contributed by atoms with E-state index in [1.807, 2.05) is 37.8 Å². The zero-order chi connectivity index (χ0) is 39.5. The topological polar surface area (TPSA) is 125 Å². The summed E-state index contributed by atoms with van der Waals surface area (Å²) >= 11 is 0. The highest BCUT2D eigenvalue weighted by atomic mass is 32.2. The summed E-state index contributed by atoms with van der Waals surface area (Å²) in [7, 11) is -2.08. The zero-order valence-corrected chi connectivity index (χ0v) is 34.4. The number of morpholine rings is 1. The molecule has 3 fully saturated rings. The number of aryl methyl sites for hydroxylation is 1. The number of allylic oxidation sites excluding steroid dienone is 1. The van der Waals surface area contributed by atoms with E-state index in [-0.39, 0.29) is 30.6 Å². The minimum atomic E-state index is -3.77.